The second-order valence-corrected chi connectivity index (χ2v) is 6.23. The van der Waals surface area contributed by atoms with E-state index in [9.17, 15) is 14.0 Å². The van der Waals surface area contributed by atoms with Crippen LogP contribution in [-0.4, -0.2) is 11.7 Å². The van der Waals surface area contributed by atoms with Gasteiger partial charge in [0, 0.05) is 36.9 Å². The lowest BCUT2D eigenvalue weighted by atomic mass is 9.78. The number of carbonyl (C=O) groups is 2. The molecule has 1 aliphatic heterocycles. The number of benzene rings is 2. The molecule has 1 heterocycles. The smallest absolute Gasteiger partial charge is 0.224 e. The third kappa shape index (κ3) is 2.01. The first-order valence-electron chi connectivity index (χ1n) is 7.75. The van der Waals surface area contributed by atoms with Gasteiger partial charge in [0.2, 0.25) is 5.91 Å². The number of rotatable bonds is 1. The number of Topliss-reactive ketones (excluding diaryl/α,β-unsaturated/α-hetero) is 1. The quantitative estimate of drug-likeness (QED) is 0.808. The summed E-state index contributed by atoms with van der Waals surface area (Å²) in [5, 5.41) is 0. The summed E-state index contributed by atoms with van der Waals surface area (Å²) in [5.41, 5.74) is 3.30. The molecule has 2 aromatic carbocycles. The van der Waals surface area contributed by atoms with Gasteiger partial charge < -0.3 is 4.90 Å². The average Bonchev–Trinajstić information content (AvgIpc) is 2.83. The Kier molecular flexibility index (Phi) is 3.08. The van der Waals surface area contributed by atoms with Crippen molar-refractivity contribution in [2.75, 3.05) is 4.90 Å². The van der Waals surface area contributed by atoms with Crippen LogP contribution in [0.25, 0.3) is 0 Å². The van der Waals surface area contributed by atoms with Crippen molar-refractivity contribution in [3.8, 4) is 0 Å². The van der Waals surface area contributed by atoms with Crippen LogP contribution in [0.5, 0.6) is 0 Å². The fraction of sp³-hybridized carbons (Fsp3) is 0.263. The number of nitrogens with zero attached hydrogens (tertiary/aromatic N) is 1. The molecular formula is C19H16FNO2. The lowest BCUT2D eigenvalue weighted by molar-refractivity contribution is -0.120. The van der Waals surface area contributed by atoms with Crippen molar-refractivity contribution in [1.29, 1.82) is 0 Å². The Balaban J connectivity index is 1.96. The first kappa shape index (κ1) is 14.1. The van der Waals surface area contributed by atoms with Crippen molar-refractivity contribution in [3.05, 3.63) is 65.0 Å². The molecule has 23 heavy (non-hydrogen) atoms. The SMILES string of the molecule is CC(=O)N1c2cccc3c2C(CC(=O)C3)C1c1ccccc1F. The largest absolute Gasteiger partial charge is 0.304 e. The van der Waals surface area contributed by atoms with E-state index in [0.29, 0.717) is 18.4 Å². The molecule has 0 aromatic heterocycles. The molecule has 3 nitrogen and oxygen atoms in total. The fourth-order valence-electron chi connectivity index (χ4n) is 4.06. The molecule has 1 amide bonds. The summed E-state index contributed by atoms with van der Waals surface area (Å²) in [5.74, 6) is -0.487. The molecule has 2 aliphatic rings. The Bertz CT molecular complexity index is 830. The Labute approximate surface area is 133 Å². The number of hydrogen-bond acceptors (Lipinski definition) is 2. The first-order valence-corrected chi connectivity index (χ1v) is 7.75. The van der Waals surface area contributed by atoms with E-state index in [1.807, 2.05) is 18.2 Å². The monoisotopic (exact) mass is 309 g/mol. The van der Waals surface area contributed by atoms with E-state index in [-0.39, 0.29) is 23.4 Å². The summed E-state index contributed by atoms with van der Waals surface area (Å²) in [6.07, 6.45) is 0.752. The van der Waals surface area contributed by atoms with Gasteiger partial charge in [-0.1, -0.05) is 30.3 Å². The van der Waals surface area contributed by atoms with Crippen LogP contribution in [0.15, 0.2) is 42.5 Å². The Morgan fingerprint density at radius 1 is 1.17 bits per heavy atom. The zero-order chi connectivity index (χ0) is 16.1. The van der Waals surface area contributed by atoms with E-state index in [1.165, 1.54) is 13.0 Å². The highest BCUT2D eigenvalue weighted by Gasteiger charge is 2.46. The minimum absolute atomic E-state index is 0.131. The molecule has 2 atom stereocenters. The van der Waals surface area contributed by atoms with Gasteiger partial charge in [-0.05, 0) is 23.3 Å². The Morgan fingerprint density at radius 2 is 1.96 bits per heavy atom. The molecule has 0 saturated heterocycles. The molecule has 0 fully saturated rings. The molecule has 0 radical (unpaired) electrons. The maximum Gasteiger partial charge on any atom is 0.224 e. The molecule has 4 heteroatoms. The molecule has 4 rings (SSSR count). The van der Waals surface area contributed by atoms with Gasteiger partial charge in [-0.15, -0.1) is 0 Å². The third-order valence-electron chi connectivity index (χ3n) is 4.86. The van der Waals surface area contributed by atoms with E-state index in [0.717, 1.165) is 16.8 Å². The predicted octanol–water partition coefficient (Wildman–Crippen LogP) is 3.53. The van der Waals surface area contributed by atoms with Crippen LogP contribution in [0.4, 0.5) is 10.1 Å². The highest BCUT2D eigenvalue weighted by atomic mass is 19.1. The topological polar surface area (TPSA) is 37.4 Å². The minimum Gasteiger partial charge on any atom is -0.304 e. The second-order valence-electron chi connectivity index (χ2n) is 6.23. The summed E-state index contributed by atoms with van der Waals surface area (Å²) in [6.45, 7) is 1.49. The van der Waals surface area contributed by atoms with Crippen LogP contribution in [0, 0.1) is 5.82 Å². The second kappa shape index (κ2) is 5.01. The highest BCUT2D eigenvalue weighted by Crippen LogP contribution is 2.54. The Morgan fingerprint density at radius 3 is 2.70 bits per heavy atom. The zero-order valence-corrected chi connectivity index (χ0v) is 12.8. The average molecular weight is 309 g/mol. The van der Waals surface area contributed by atoms with E-state index >= 15 is 0 Å². The minimum atomic E-state index is -0.450. The van der Waals surface area contributed by atoms with Crippen molar-refractivity contribution in [3.63, 3.8) is 0 Å². The van der Waals surface area contributed by atoms with Gasteiger partial charge in [-0.25, -0.2) is 4.39 Å². The van der Waals surface area contributed by atoms with Crippen molar-refractivity contribution in [2.45, 2.75) is 31.7 Å². The van der Waals surface area contributed by atoms with Gasteiger partial charge in [-0.3, -0.25) is 9.59 Å². The van der Waals surface area contributed by atoms with Crippen LogP contribution in [-0.2, 0) is 16.0 Å². The maximum atomic E-state index is 14.4. The number of halogens is 1. The third-order valence-corrected chi connectivity index (χ3v) is 4.86. The number of amides is 1. The summed E-state index contributed by atoms with van der Waals surface area (Å²) >= 11 is 0. The van der Waals surface area contributed by atoms with Crippen LogP contribution < -0.4 is 4.90 Å². The molecule has 0 spiro atoms. The molecule has 2 unspecified atom stereocenters. The van der Waals surface area contributed by atoms with Crippen molar-refractivity contribution >= 4 is 17.4 Å². The summed E-state index contributed by atoms with van der Waals surface area (Å²) < 4.78 is 14.4. The number of hydrogen-bond donors (Lipinski definition) is 0. The van der Waals surface area contributed by atoms with Crippen molar-refractivity contribution < 1.29 is 14.0 Å². The van der Waals surface area contributed by atoms with Gasteiger partial charge >= 0.3 is 0 Å². The lowest BCUT2D eigenvalue weighted by Gasteiger charge is -2.29. The summed E-state index contributed by atoms with van der Waals surface area (Å²) in [7, 11) is 0. The van der Waals surface area contributed by atoms with Crippen LogP contribution in [0.2, 0.25) is 0 Å². The van der Waals surface area contributed by atoms with E-state index < -0.39 is 6.04 Å². The van der Waals surface area contributed by atoms with Gasteiger partial charge in [-0.2, -0.15) is 0 Å². The predicted molar refractivity (Wildman–Crippen MR) is 84.8 cm³/mol. The van der Waals surface area contributed by atoms with Crippen LogP contribution in [0.1, 0.15) is 42.0 Å². The van der Waals surface area contributed by atoms with Crippen molar-refractivity contribution in [2.24, 2.45) is 0 Å². The fourth-order valence-corrected chi connectivity index (χ4v) is 4.06. The first-order chi connectivity index (χ1) is 11.1. The lowest BCUT2D eigenvalue weighted by Crippen LogP contribution is -2.32. The van der Waals surface area contributed by atoms with Gasteiger partial charge in [0.05, 0.1) is 6.04 Å². The standard InChI is InChI=1S/C19H16FNO2/c1-11(22)21-17-8-4-5-12-9-13(23)10-15(18(12)17)19(21)14-6-2-3-7-16(14)20/h2-8,15,19H,9-10H2,1H3. The summed E-state index contributed by atoms with van der Waals surface area (Å²) in [6, 6.07) is 11.8. The molecule has 0 N–H and O–H groups in total. The van der Waals surface area contributed by atoms with Crippen LogP contribution >= 0.6 is 0 Å². The number of anilines is 1. The van der Waals surface area contributed by atoms with Crippen molar-refractivity contribution in [1.82, 2.24) is 0 Å². The van der Waals surface area contributed by atoms with Gasteiger partial charge in [0.15, 0.2) is 0 Å². The van der Waals surface area contributed by atoms with Gasteiger partial charge in [0.25, 0.3) is 0 Å². The molecule has 0 bridgehead atoms. The molecule has 0 saturated carbocycles. The Hall–Kier alpha value is -2.49. The highest BCUT2D eigenvalue weighted by molar-refractivity contribution is 5.98. The van der Waals surface area contributed by atoms with E-state index in [2.05, 4.69) is 0 Å². The molecular weight excluding hydrogens is 293 g/mol. The number of carbonyl (C=O) groups excluding carboxylic acids is 2. The van der Waals surface area contributed by atoms with E-state index in [4.69, 9.17) is 0 Å². The zero-order valence-electron chi connectivity index (χ0n) is 12.8. The van der Waals surface area contributed by atoms with E-state index in [1.54, 1.807) is 23.1 Å². The molecule has 2 aromatic rings. The normalized spacial score (nSPS) is 22.2. The van der Waals surface area contributed by atoms with Gasteiger partial charge in [0.1, 0.15) is 11.6 Å². The maximum absolute atomic E-state index is 14.4. The number of ketones is 1. The summed E-state index contributed by atoms with van der Waals surface area (Å²) in [4.78, 5) is 26.1. The molecule has 1 aliphatic carbocycles. The molecule has 116 valence electrons. The van der Waals surface area contributed by atoms with Crippen LogP contribution in [0.3, 0.4) is 0 Å².